The van der Waals surface area contributed by atoms with E-state index < -0.39 is 0 Å². The zero-order valence-electron chi connectivity index (χ0n) is 28.6. The third kappa shape index (κ3) is 6.94. The van der Waals surface area contributed by atoms with Crippen molar-refractivity contribution in [2.45, 2.75) is 54.9 Å². The van der Waals surface area contributed by atoms with Crippen LogP contribution < -0.4 is 9.64 Å². The van der Waals surface area contributed by atoms with E-state index in [1.54, 1.807) is 0 Å². The lowest BCUT2D eigenvalue weighted by Gasteiger charge is -2.30. The van der Waals surface area contributed by atoms with Crippen LogP contribution in [0.5, 0.6) is 5.75 Å². The van der Waals surface area contributed by atoms with Crippen molar-refractivity contribution >= 4 is 70.0 Å². The summed E-state index contributed by atoms with van der Waals surface area (Å²) >= 11 is 10.5. The monoisotopic (exact) mass is 718 g/mol. The van der Waals surface area contributed by atoms with Gasteiger partial charge in [-0.3, -0.25) is 9.69 Å². The van der Waals surface area contributed by atoms with Crippen molar-refractivity contribution in [3.63, 3.8) is 0 Å². The van der Waals surface area contributed by atoms with Crippen LogP contribution in [0.3, 0.4) is 0 Å². The maximum atomic E-state index is 13.3. The summed E-state index contributed by atoms with van der Waals surface area (Å²) in [5.74, 6) is 3.01. The fourth-order valence-electron chi connectivity index (χ4n) is 7.29. The van der Waals surface area contributed by atoms with E-state index >= 15 is 0 Å². The van der Waals surface area contributed by atoms with Crippen molar-refractivity contribution < 1.29 is 14.3 Å². The number of halogens is 1. The maximum Gasteiger partial charge on any atom is 0.354 e. The highest BCUT2D eigenvalue weighted by Crippen LogP contribution is 2.41. The van der Waals surface area contributed by atoms with Crippen LogP contribution in [0, 0.1) is 0 Å². The summed E-state index contributed by atoms with van der Waals surface area (Å²) in [6, 6.07) is 10.7. The van der Waals surface area contributed by atoms with Crippen molar-refractivity contribution in [3.05, 3.63) is 74.8 Å². The van der Waals surface area contributed by atoms with E-state index in [1.165, 1.54) is 29.0 Å². The van der Waals surface area contributed by atoms with Gasteiger partial charge in [-0.05, 0) is 80.0 Å². The number of esters is 1. The van der Waals surface area contributed by atoms with Gasteiger partial charge in [0.15, 0.2) is 0 Å². The van der Waals surface area contributed by atoms with E-state index in [0.717, 1.165) is 102 Å². The summed E-state index contributed by atoms with van der Waals surface area (Å²) in [6.45, 7) is 2.38. The molecule has 4 aromatic rings. The molecule has 5 heterocycles. The number of nitrogens with zero attached hydrogens (tertiary/aromatic N) is 6. The maximum absolute atomic E-state index is 13.3. The highest BCUT2D eigenvalue weighted by molar-refractivity contribution is 7.99. The molecule has 49 heavy (non-hydrogen) atoms. The molecule has 12 heteroatoms. The SMILES string of the molecule is COC(=O)c1c2c3ccc(Cl)c(c3n1C)/C=C1\CCCN1/N=C/CSCc1cc(n(C)n1)CSc1cc3c(c(c1)OCCC2)N(C)CCC3. The van der Waals surface area contributed by atoms with Gasteiger partial charge in [-0.2, -0.15) is 10.2 Å². The molecule has 8 bridgehead atoms. The molecule has 7 rings (SSSR count). The second-order valence-electron chi connectivity index (χ2n) is 12.9. The molecule has 0 radical (unpaired) electrons. The molecule has 0 unspecified atom stereocenters. The van der Waals surface area contributed by atoms with Crippen LogP contribution in [0.25, 0.3) is 17.0 Å². The lowest BCUT2D eigenvalue weighted by atomic mass is 10.0. The van der Waals surface area contributed by atoms with Crippen LogP contribution in [0.4, 0.5) is 5.69 Å². The number of carbonyl (C=O) groups is 1. The Balaban J connectivity index is 1.27. The minimum atomic E-state index is -0.354. The Labute approximate surface area is 301 Å². The molecule has 1 saturated heterocycles. The molecule has 2 aromatic heterocycles. The lowest BCUT2D eigenvalue weighted by Crippen LogP contribution is -2.25. The Morgan fingerprint density at radius 1 is 1.02 bits per heavy atom. The molecule has 0 spiro atoms. The van der Waals surface area contributed by atoms with Crippen LogP contribution >= 0.6 is 35.1 Å². The van der Waals surface area contributed by atoms with Gasteiger partial charge in [-0.1, -0.05) is 17.7 Å². The first kappa shape index (κ1) is 33.9. The van der Waals surface area contributed by atoms with E-state index in [4.69, 9.17) is 31.3 Å². The Hall–Kier alpha value is -3.54. The van der Waals surface area contributed by atoms with Crippen LogP contribution in [-0.4, -0.2) is 71.1 Å². The van der Waals surface area contributed by atoms with Crippen molar-refractivity contribution in [2.24, 2.45) is 19.2 Å². The third-order valence-corrected chi connectivity index (χ3v) is 11.8. The van der Waals surface area contributed by atoms with Crippen LogP contribution in [0.1, 0.15) is 64.2 Å². The first-order chi connectivity index (χ1) is 23.8. The second kappa shape index (κ2) is 14.7. The molecule has 9 nitrogen and oxygen atoms in total. The van der Waals surface area contributed by atoms with Crippen molar-refractivity contribution in [2.75, 3.05) is 44.5 Å². The van der Waals surface area contributed by atoms with Crippen LogP contribution in [-0.2, 0) is 43.2 Å². The van der Waals surface area contributed by atoms with Gasteiger partial charge < -0.3 is 18.9 Å². The number of hydrogen-bond acceptors (Lipinski definition) is 9. The van der Waals surface area contributed by atoms with Gasteiger partial charge in [-0.15, -0.1) is 23.5 Å². The molecule has 0 atom stereocenters. The molecular formula is C37H43ClN6O3S2. The summed E-state index contributed by atoms with van der Waals surface area (Å²) < 4.78 is 15.9. The zero-order chi connectivity index (χ0) is 34.1. The standard InChI is InChI=1S/C37H43ClN6O3S2/c1-41-14-5-8-24-18-28-21-33(34(24)41)47-16-7-10-29-30-11-12-32(38)31(35(30)42(2)36(29)37(45)46-4)20-26-9-6-15-44(26)39-13-17-48-22-25-19-27(23-49-28)43(3)40-25/h11-13,18-21H,5-10,14-17,22-23H2,1-4H3/b26-20+,39-13+. The van der Waals surface area contributed by atoms with E-state index in [1.807, 2.05) is 65.2 Å². The van der Waals surface area contributed by atoms with Gasteiger partial charge in [-0.25, -0.2) is 4.79 Å². The second-order valence-corrected chi connectivity index (χ2v) is 15.3. The fourth-order valence-corrected chi connectivity index (χ4v) is 9.14. The first-order valence-corrected chi connectivity index (χ1v) is 19.5. The lowest BCUT2D eigenvalue weighted by molar-refractivity contribution is 0.0589. The van der Waals surface area contributed by atoms with Gasteiger partial charge >= 0.3 is 5.97 Å². The molecule has 3 aliphatic rings. The Morgan fingerprint density at radius 3 is 2.73 bits per heavy atom. The number of rotatable bonds is 1. The predicted molar refractivity (Wildman–Crippen MR) is 202 cm³/mol. The number of thioether (sulfide) groups is 2. The summed E-state index contributed by atoms with van der Waals surface area (Å²) in [4.78, 5) is 16.8. The van der Waals surface area contributed by atoms with Crippen LogP contribution in [0.15, 0.2) is 46.0 Å². The molecule has 0 N–H and O–H groups in total. The number of methoxy groups -OCH3 is 1. The minimum Gasteiger partial charge on any atom is -0.491 e. The summed E-state index contributed by atoms with van der Waals surface area (Å²) in [6.07, 6.45) is 9.62. The largest absolute Gasteiger partial charge is 0.491 e. The number of carbonyl (C=O) groups excluding carboxylic acids is 1. The number of aryl methyl sites for hydroxylation is 4. The summed E-state index contributed by atoms with van der Waals surface area (Å²) in [5, 5.41) is 13.4. The van der Waals surface area contributed by atoms with E-state index in [0.29, 0.717) is 23.7 Å². The first-order valence-electron chi connectivity index (χ1n) is 16.9. The molecular weight excluding hydrogens is 676 g/mol. The number of anilines is 1. The quantitative estimate of drug-likeness (QED) is 0.185. The molecule has 2 aromatic carbocycles. The highest BCUT2D eigenvalue weighted by atomic mass is 35.5. The Bertz CT molecular complexity index is 1950. The smallest absolute Gasteiger partial charge is 0.354 e. The Kier molecular flexibility index (Phi) is 10.2. The van der Waals surface area contributed by atoms with Gasteiger partial charge in [0.25, 0.3) is 0 Å². The van der Waals surface area contributed by atoms with Crippen molar-refractivity contribution in [1.82, 2.24) is 19.4 Å². The topological polar surface area (TPSA) is 77.1 Å². The van der Waals surface area contributed by atoms with Gasteiger partial charge in [0.05, 0.1) is 30.6 Å². The molecule has 0 aliphatic carbocycles. The molecule has 0 saturated carbocycles. The van der Waals surface area contributed by atoms with Gasteiger partial charge in [0.2, 0.25) is 0 Å². The average Bonchev–Trinajstić information content (AvgIpc) is 3.77. The number of benzene rings is 2. The highest BCUT2D eigenvalue weighted by Gasteiger charge is 2.26. The predicted octanol–water partition coefficient (Wildman–Crippen LogP) is 7.71. The van der Waals surface area contributed by atoms with E-state index in [-0.39, 0.29) is 5.97 Å². The number of aromatic nitrogens is 3. The minimum absolute atomic E-state index is 0.354. The number of fused-ring (bicyclic) bond motifs is 7. The summed E-state index contributed by atoms with van der Waals surface area (Å²) in [5.41, 5.74) is 9.24. The van der Waals surface area contributed by atoms with Gasteiger partial charge in [0.1, 0.15) is 11.4 Å². The fraction of sp³-hybridized carbons (Fsp3) is 0.432. The number of allylic oxidation sites excluding steroid dienone is 1. The molecule has 0 amide bonds. The van der Waals surface area contributed by atoms with Crippen LogP contribution in [0.2, 0.25) is 5.02 Å². The Morgan fingerprint density at radius 2 is 1.88 bits per heavy atom. The summed E-state index contributed by atoms with van der Waals surface area (Å²) in [7, 11) is 7.55. The van der Waals surface area contributed by atoms with Gasteiger partial charge in [0, 0.05) is 90.0 Å². The molecule has 1 fully saturated rings. The number of hydrogen-bond donors (Lipinski definition) is 0. The van der Waals surface area contributed by atoms with Crippen molar-refractivity contribution in [1.29, 1.82) is 0 Å². The normalized spacial score (nSPS) is 19.1. The molecule has 258 valence electrons. The third-order valence-electron chi connectivity index (χ3n) is 9.62. The zero-order valence-corrected chi connectivity index (χ0v) is 31.0. The number of hydrazone groups is 1. The average molecular weight is 719 g/mol. The van der Waals surface area contributed by atoms with Crippen molar-refractivity contribution in [3.8, 4) is 5.75 Å². The number of ether oxygens (including phenoxy) is 2. The molecule has 3 aliphatic heterocycles. The van der Waals surface area contributed by atoms with E-state index in [9.17, 15) is 4.79 Å². The van der Waals surface area contributed by atoms with E-state index in [2.05, 4.69) is 41.2 Å².